The summed E-state index contributed by atoms with van der Waals surface area (Å²) in [6, 6.07) is 9.75. The predicted octanol–water partition coefficient (Wildman–Crippen LogP) is 3.26. The fourth-order valence-electron chi connectivity index (χ4n) is 2.14. The van der Waals surface area contributed by atoms with E-state index in [0.29, 0.717) is 19.8 Å². The van der Waals surface area contributed by atoms with Crippen LogP contribution in [-0.2, 0) is 17.9 Å². The molecule has 0 aliphatic heterocycles. The van der Waals surface area contributed by atoms with Crippen LogP contribution in [0.25, 0.3) is 0 Å². The number of pyridine rings is 1. The lowest BCUT2D eigenvalue weighted by atomic mass is 10.3. The van der Waals surface area contributed by atoms with Crippen molar-refractivity contribution in [3.63, 3.8) is 0 Å². The molecule has 0 unspecified atom stereocenters. The van der Waals surface area contributed by atoms with Gasteiger partial charge in [0.05, 0.1) is 18.5 Å². The van der Waals surface area contributed by atoms with Gasteiger partial charge in [-0.3, -0.25) is 4.98 Å². The van der Waals surface area contributed by atoms with Gasteiger partial charge in [-0.1, -0.05) is 6.07 Å². The maximum Gasteiger partial charge on any atom is 0.191 e. The van der Waals surface area contributed by atoms with E-state index >= 15 is 0 Å². The molecule has 0 saturated heterocycles. The van der Waals surface area contributed by atoms with E-state index in [1.807, 2.05) is 37.3 Å². The minimum absolute atomic E-state index is 0. The Balaban J connectivity index is 0.00000312. The summed E-state index contributed by atoms with van der Waals surface area (Å²) in [5, 5.41) is 6.54. The molecule has 0 saturated carbocycles. The monoisotopic (exact) mass is 458 g/mol. The molecule has 138 valence electrons. The van der Waals surface area contributed by atoms with Crippen molar-refractivity contribution in [2.24, 2.45) is 4.99 Å². The van der Waals surface area contributed by atoms with E-state index < -0.39 is 0 Å². The SMILES string of the molecule is CCNC(=NCc1cccc(C)n1)NCCCOCc1ccco1.I. The van der Waals surface area contributed by atoms with Gasteiger partial charge in [-0.15, -0.1) is 24.0 Å². The van der Waals surface area contributed by atoms with Gasteiger partial charge in [-0.05, 0) is 44.5 Å². The molecule has 0 amide bonds. The topological polar surface area (TPSA) is 71.7 Å². The molecule has 0 aromatic carbocycles. The molecule has 0 spiro atoms. The minimum Gasteiger partial charge on any atom is -0.467 e. The molecule has 7 heteroatoms. The Morgan fingerprint density at radius 2 is 2.12 bits per heavy atom. The molecular weight excluding hydrogens is 431 g/mol. The van der Waals surface area contributed by atoms with E-state index in [4.69, 9.17) is 9.15 Å². The first-order valence-electron chi connectivity index (χ1n) is 8.32. The second-order valence-corrected chi connectivity index (χ2v) is 5.38. The molecule has 25 heavy (non-hydrogen) atoms. The van der Waals surface area contributed by atoms with Crippen molar-refractivity contribution >= 4 is 29.9 Å². The molecule has 2 heterocycles. The number of furan rings is 1. The summed E-state index contributed by atoms with van der Waals surface area (Å²) in [6.45, 7) is 7.40. The third-order valence-corrected chi connectivity index (χ3v) is 3.27. The van der Waals surface area contributed by atoms with Gasteiger partial charge in [0.1, 0.15) is 12.4 Å². The summed E-state index contributed by atoms with van der Waals surface area (Å²) in [5.74, 6) is 1.65. The fourth-order valence-corrected chi connectivity index (χ4v) is 2.14. The van der Waals surface area contributed by atoms with Gasteiger partial charge in [0, 0.05) is 25.4 Å². The van der Waals surface area contributed by atoms with Crippen molar-refractivity contribution in [2.75, 3.05) is 19.7 Å². The van der Waals surface area contributed by atoms with Crippen molar-refractivity contribution in [3.8, 4) is 0 Å². The molecular formula is C18H27IN4O2. The minimum atomic E-state index is 0. The number of halogens is 1. The van der Waals surface area contributed by atoms with Crippen molar-refractivity contribution < 1.29 is 9.15 Å². The first kappa shape index (κ1) is 21.4. The lowest BCUT2D eigenvalue weighted by molar-refractivity contribution is 0.105. The lowest BCUT2D eigenvalue weighted by Crippen LogP contribution is -2.38. The summed E-state index contributed by atoms with van der Waals surface area (Å²) in [7, 11) is 0. The highest BCUT2D eigenvalue weighted by molar-refractivity contribution is 14.0. The molecule has 0 aliphatic rings. The molecule has 2 aromatic heterocycles. The molecule has 0 radical (unpaired) electrons. The number of rotatable bonds is 9. The second-order valence-electron chi connectivity index (χ2n) is 5.38. The van der Waals surface area contributed by atoms with Crippen molar-refractivity contribution in [3.05, 3.63) is 53.7 Å². The smallest absolute Gasteiger partial charge is 0.191 e. The van der Waals surface area contributed by atoms with Crippen LogP contribution in [0.1, 0.15) is 30.5 Å². The standard InChI is InChI=1S/C18H26N4O2.HI/c1-3-19-18(21-13-16-8-4-7-15(2)22-16)20-10-6-11-23-14-17-9-5-12-24-17;/h4-5,7-9,12H,3,6,10-11,13-14H2,1-2H3,(H2,19,20,21);1H. The summed E-state index contributed by atoms with van der Waals surface area (Å²) in [6.07, 6.45) is 2.55. The normalized spacial score (nSPS) is 11.0. The molecule has 0 fully saturated rings. The van der Waals surface area contributed by atoms with Gasteiger partial charge in [0.15, 0.2) is 5.96 Å². The van der Waals surface area contributed by atoms with E-state index in [9.17, 15) is 0 Å². The van der Waals surface area contributed by atoms with Crippen LogP contribution in [0.15, 0.2) is 46.0 Å². The average Bonchev–Trinajstić information content (AvgIpc) is 3.09. The van der Waals surface area contributed by atoms with E-state index in [1.54, 1.807) is 6.26 Å². The third kappa shape index (κ3) is 8.87. The third-order valence-electron chi connectivity index (χ3n) is 3.27. The van der Waals surface area contributed by atoms with Gasteiger partial charge in [0.2, 0.25) is 0 Å². The molecule has 0 aliphatic carbocycles. The molecule has 2 N–H and O–H groups in total. The van der Waals surface area contributed by atoms with Crippen LogP contribution < -0.4 is 10.6 Å². The van der Waals surface area contributed by atoms with Gasteiger partial charge >= 0.3 is 0 Å². The number of aromatic nitrogens is 1. The van der Waals surface area contributed by atoms with Crippen molar-refractivity contribution in [1.82, 2.24) is 15.6 Å². The highest BCUT2D eigenvalue weighted by Gasteiger charge is 1.99. The van der Waals surface area contributed by atoms with Gasteiger partial charge in [-0.2, -0.15) is 0 Å². The van der Waals surface area contributed by atoms with E-state index in [-0.39, 0.29) is 24.0 Å². The number of hydrogen-bond donors (Lipinski definition) is 2. The summed E-state index contributed by atoms with van der Waals surface area (Å²) < 4.78 is 10.8. The maximum atomic E-state index is 5.56. The highest BCUT2D eigenvalue weighted by atomic mass is 127. The second kappa shape index (κ2) is 12.7. The number of nitrogens with one attached hydrogen (secondary N) is 2. The van der Waals surface area contributed by atoms with Crippen molar-refractivity contribution in [2.45, 2.75) is 33.4 Å². The Morgan fingerprint density at radius 3 is 2.84 bits per heavy atom. The predicted molar refractivity (Wildman–Crippen MR) is 110 cm³/mol. The van der Waals surface area contributed by atoms with Crippen molar-refractivity contribution in [1.29, 1.82) is 0 Å². The quantitative estimate of drug-likeness (QED) is 0.261. The summed E-state index contributed by atoms with van der Waals surface area (Å²) in [5.41, 5.74) is 1.98. The number of ether oxygens (including phenoxy) is 1. The number of hydrogen-bond acceptors (Lipinski definition) is 4. The number of guanidine groups is 1. The molecule has 0 bridgehead atoms. The average molecular weight is 458 g/mol. The van der Waals surface area contributed by atoms with Crippen LogP contribution in [0.2, 0.25) is 0 Å². The number of aryl methyl sites for hydroxylation is 1. The number of nitrogens with zero attached hydrogens (tertiary/aromatic N) is 2. The molecule has 2 rings (SSSR count). The number of aliphatic imine (C=N–C) groups is 1. The van der Waals surface area contributed by atoms with Crippen LogP contribution >= 0.6 is 24.0 Å². The Hall–Kier alpha value is -1.61. The first-order valence-corrected chi connectivity index (χ1v) is 8.32. The van der Waals surface area contributed by atoms with Gasteiger partial charge < -0.3 is 19.8 Å². The lowest BCUT2D eigenvalue weighted by Gasteiger charge is -2.11. The zero-order valence-electron chi connectivity index (χ0n) is 14.8. The summed E-state index contributed by atoms with van der Waals surface area (Å²) >= 11 is 0. The molecule has 0 atom stereocenters. The van der Waals surface area contributed by atoms with Crippen LogP contribution in [0.5, 0.6) is 0 Å². The zero-order chi connectivity index (χ0) is 17.0. The first-order chi connectivity index (χ1) is 11.8. The Labute approximate surface area is 166 Å². The van der Waals surface area contributed by atoms with Gasteiger partial charge in [0.25, 0.3) is 0 Å². The van der Waals surface area contributed by atoms with E-state index in [0.717, 1.165) is 42.6 Å². The Bertz CT molecular complexity index is 617. The van der Waals surface area contributed by atoms with Crippen LogP contribution in [0.3, 0.4) is 0 Å². The maximum absolute atomic E-state index is 5.56. The Morgan fingerprint density at radius 1 is 1.24 bits per heavy atom. The zero-order valence-corrected chi connectivity index (χ0v) is 17.2. The van der Waals surface area contributed by atoms with E-state index in [2.05, 4.69) is 27.5 Å². The largest absolute Gasteiger partial charge is 0.467 e. The molecule has 2 aromatic rings. The van der Waals surface area contributed by atoms with Crippen LogP contribution in [0.4, 0.5) is 0 Å². The van der Waals surface area contributed by atoms with Crippen LogP contribution in [-0.4, -0.2) is 30.6 Å². The van der Waals surface area contributed by atoms with Crippen LogP contribution in [0, 0.1) is 6.92 Å². The highest BCUT2D eigenvalue weighted by Crippen LogP contribution is 2.02. The fraction of sp³-hybridized carbons (Fsp3) is 0.444. The van der Waals surface area contributed by atoms with E-state index in [1.165, 1.54) is 0 Å². The Kier molecular flexibility index (Phi) is 10.9. The molecule has 6 nitrogen and oxygen atoms in total. The summed E-state index contributed by atoms with van der Waals surface area (Å²) in [4.78, 5) is 9.02. The van der Waals surface area contributed by atoms with Gasteiger partial charge in [-0.25, -0.2) is 4.99 Å².